The van der Waals surface area contributed by atoms with E-state index in [2.05, 4.69) is 10.3 Å². The van der Waals surface area contributed by atoms with Crippen molar-refractivity contribution in [3.8, 4) is 0 Å². The highest BCUT2D eigenvalue weighted by atomic mass is 19.4. The highest BCUT2D eigenvalue weighted by molar-refractivity contribution is 5.83. The van der Waals surface area contributed by atoms with Crippen LogP contribution in [0.25, 0.3) is 0 Å². The molecule has 4 saturated carbocycles. The lowest BCUT2D eigenvalue weighted by atomic mass is 9.48. The summed E-state index contributed by atoms with van der Waals surface area (Å²) >= 11 is 0. The lowest BCUT2D eigenvalue weighted by molar-refractivity contribution is -0.164. The molecule has 3 atom stereocenters. The number of hydrogen-bond donors (Lipinski definition) is 2. The Kier molecular flexibility index (Phi) is 6.47. The van der Waals surface area contributed by atoms with E-state index in [1.165, 1.54) is 12.3 Å². The Bertz CT molecular complexity index is 1060. The minimum atomic E-state index is -4.49. The van der Waals surface area contributed by atoms with Gasteiger partial charge < -0.3 is 25.1 Å². The third kappa shape index (κ3) is 4.60. The number of aromatic nitrogens is 1. The third-order valence-electron chi connectivity index (χ3n) is 9.67. The molecule has 8 nitrogen and oxygen atoms in total. The molecule has 7 rings (SSSR count). The Morgan fingerprint density at radius 2 is 1.74 bits per heavy atom. The molecule has 0 aromatic carbocycles. The highest BCUT2D eigenvalue weighted by Crippen LogP contribution is 2.60. The lowest BCUT2D eigenvalue weighted by Gasteiger charge is -2.58. The molecule has 0 spiro atoms. The molecule has 38 heavy (non-hydrogen) atoms. The molecule has 4 aliphatic carbocycles. The molecule has 2 saturated heterocycles. The van der Waals surface area contributed by atoms with Crippen molar-refractivity contribution in [2.24, 2.45) is 23.2 Å². The van der Waals surface area contributed by atoms with Crippen molar-refractivity contribution in [3.05, 3.63) is 23.9 Å². The zero-order valence-corrected chi connectivity index (χ0v) is 21.5. The monoisotopic (exact) mass is 535 g/mol. The molecule has 6 aliphatic rings. The van der Waals surface area contributed by atoms with Gasteiger partial charge in [0.1, 0.15) is 5.82 Å². The zero-order valence-electron chi connectivity index (χ0n) is 21.5. The molecule has 11 heteroatoms. The molecule has 2 aliphatic heterocycles. The van der Waals surface area contributed by atoms with Gasteiger partial charge in [-0.1, -0.05) is 0 Å². The first-order chi connectivity index (χ1) is 18.1. The number of piperazine rings is 1. The quantitative estimate of drug-likeness (QED) is 0.621. The van der Waals surface area contributed by atoms with Crippen molar-refractivity contribution in [2.45, 2.75) is 63.3 Å². The van der Waals surface area contributed by atoms with Crippen LogP contribution in [0.1, 0.15) is 50.5 Å². The first-order valence-electron chi connectivity index (χ1n) is 13.9. The number of aliphatic hydroxyl groups excluding tert-OH is 1. The normalized spacial score (nSPS) is 34.9. The van der Waals surface area contributed by atoms with E-state index in [4.69, 9.17) is 0 Å². The summed E-state index contributed by atoms with van der Waals surface area (Å²) in [6, 6.07) is 2.08. The molecule has 3 amide bonds. The SMILES string of the molecule is O=C(N1CCN(c2ncccc2C(F)(F)F)CC1)N1CCC[C@H](NC(=O)C23CC4CC(C2)C(O)C(C4)C3)C1. The summed E-state index contributed by atoms with van der Waals surface area (Å²) in [5.74, 6) is 0.988. The fourth-order valence-electron chi connectivity index (χ4n) is 8.06. The molecule has 208 valence electrons. The van der Waals surface area contributed by atoms with Crippen LogP contribution < -0.4 is 10.2 Å². The van der Waals surface area contributed by atoms with Gasteiger partial charge in [-0.3, -0.25) is 4.79 Å². The van der Waals surface area contributed by atoms with Crippen molar-refractivity contribution in [3.63, 3.8) is 0 Å². The van der Waals surface area contributed by atoms with Crippen LogP contribution >= 0.6 is 0 Å². The van der Waals surface area contributed by atoms with Crippen LogP contribution in [0.3, 0.4) is 0 Å². The van der Waals surface area contributed by atoms with Crippen LogP contribution in [0, 0.1) is 23.2 Å². The van der Waals surface area contributed by atoms with E-state index >= 15 is 0 Å². The number of anilines is 1. The van der Waals surface area contributed by atoms with E-state index in [0.29, 0.717) is 32.1 Å². The number of urea groups is 1. The number of nitrogens with one attached hydrogen (secondary N) is 1. The van der Waals surface area contributed by atoms with Gasteiger partial charge in [0.05, 0.1) is 17.1 Å². The summed E-state index contributed by atoms with van der Waals surface area (Å²) in [4.78, 5) is 35.9. The molecule has 1 aromatic rings. The number of aliphatic hydroxyl groups is 1. The minimum Gasteiger partial charge on any atom is -0.393 e. The van der Waals surface area contributed by atoms with Crippen LogP contribution in [-0.4, -0.2) is 83.2 Å². The van der Waals surface area contributed by atoms with Crippen molar-refractivity contribution in [1.82, 2.24) is 20.1 Å². The van der Waals surface area contributed by atoms with Gasteiger partial charge in [0.15, 0.2) is 0 Å². The van der Waals surface area contributed by atoms with E-state index in [1.54, 1.807) is 14.7 Å². The number of hydrogen-bond acceptors (Lipinski definition) is 5. The lowest BCUT2D eigenvalue weighted by Crippen LogP contribution is -2.61. The van der Waals surface area contributed by atoms with Crippen molar-refractivity contribution in [2.75, 3.05) is 44.2 Å². The maximum Gasteiger partial charge on any atom is 0.419 e. The Labute approximate surface area is 220 Å². The van der Waals surface area contributed by atoms with Crippen LogP contribution in [0.4, 0.5) is 23.8 Å². The van der Waals surface area contributed by atoms with Crippen LogP contribution in [0.2, 0.25) is 0 Å². The van der Waals surface area contributed by atoms with E-state index in [9.17, 15) is 27.9 Å². The Morgan fingerprint density at radius 3 is 2.42 bits per heavy atom. The van der Waals surface area contributed by atoms with Gasteiger partial charge in [-0.15, -0.1) is 0 Å². The Hall–Kier alpha value is -2.56. The maximum absolute atomic E-state index is 13.5. The molecular formula is C27H36F3N5O3. The average molecular weight is 536 g/mol. The number of rotatable bonds is 3. The summed E-state index contributed by atoms with van der Waals surface area (Å²) in [7, 11) is 0. The summed E-state index contributed by atoms with van der Waals surface area (Å²) < 4.78 is 40.3. The molecule has 3 heterocycles. The number of nitrogens with zero attached hydrogens (tertiary/aromatic N) is 4. The first kappa shape index (κ1) is 25.7. The number of amides is 3. The van der Waals surface area contributed by atoms with Crippen LogP contribution in [0.15, 0.2) is 18.3 Å². The number of pyridine rings is 1. The second kappa shape index (κ2) is 9.57. The standard InChI is InChI=1S/C27H36F3N5O3/c28-27(29,30)21-4-1-5-31-23(21)33-7-9-34(10-8-33)25(38)35-6-2-3-20(16-35)32-24(37)26-13-17-11-18(14-26)22(36)19(12-17)15-26/h1,4-5,17-20,22,36H,2-3,6-16H2,(H,32,37)/t17?,18?,19?,20-,22?,26?/m0/s1. The highest BCUT2D eigenvalue weighted by Gasteiger charge is 2.58. The van der Waals surface area contributed by atoms with E-state index in [0.717, 1.165) is 51.0 Å². The molecule has 1 aromatic heterocycles. The van der Waals surface area contributed by atoms with Crippen LogP contribution in [0.5, 0.6) is 0 Å². The number of likely N-dealkylation sites (tertiary alicyclic amines) is 1. The number of carbonyl (C=O) groups is 2. The third-order valence-corrected chi connectivity index (χ3v) is 9.67. The van der Waals surface area contributed by atoms with Gasteiger partial charge in [0.2, 0.25) is 5.91 Å². The van der Waals surface area contributed by atoms with E-state index < -0.39 is 11.7 Å². The van der Waals surface area contributed by atoms with Crippen molar-refractivity contribution in [1.29, 1.82) is 0 Å². The minimum absolute atomic E-state index is 0.0903. The largest absolute Gasteiger partial charge is 0.419 e. The maximum atomic E-state index is 13.5. The van der Waals surface area contributed by atoms with Crippen molar-refractivity contribution < 1.29 is 27.9 Å². The first-order valence-corrected chi connectivity index (χ1v) is 13.9. The Balaban J connectivity index is 1.04. The summed E-state index contributed by atoms with van der Waals surface area (Å²) in [6.45, 7) is 2.23. The predicted molar refractivity (Wildman–Crippen MR) is 133 cm³/mol. The molecule has 4 bridgehead atoms. The second-order valence-electron chi connectivity index (χ2n) is 12.1. The average Bonchev–Trinajstić information content (AvgIpc) is 2.90. The number of alkyl halides is 3. The topological polar surface area (TPSA) is 89.0 Å². The second-order valence-corrected chi connectivity index (χ2v) is 12.1. The smallest absolute Gasteiger partial charge is 0.393 e. The van der Waals surface area contributed by atoms with Crippen molar-refractivity contribution >= 4 is 17.8 Å². The van der Waals surface area contributed by atoms with Gasteiger partial charge in [-0.25, -0.2) is 9.78 Å². The summed E-state index contributed by atoms with van der Waals surface area (Å²) in [5, 5.41) is 13.8. The number of carbonyl (C=O) groups excluding carboxylic acids is 2. The Morgan fingerprint density at radius 1 is 1.03 bits per heavy atom. The predicted octanol–water partition coefficient (Wildman–Crippen LogP) is 3.11. The zero-order chi connectivity index (χ0) is 26.7. The van der Waals surface area contributed by atoms with Gasteiger partial charge in [-0.05, 0) is 74.8 Å². The number of halogens is 3. The van der Waals surface area contributed by atoms with Gasteiger partial charge in [0.25, 0.3) is 0 Å². The summed E-state index contributed by atoms with van der Waals surface area (Å²) in [5.41, 5.74) is -1.14. The van der Waals surface area contributed by atoms with Gasteiger partial charge in [0, 0.05) is 51.5 Å². The molecule has 6 fully saturated rings. The van der Waals surface area contributed by atoms with Crippen LogP contribution in [-0.2, 0) is 11.0 Å². The van der Waals surface area contributed by atoms with E-state index in [-0.39, 0.29) is 60.2 Å². The fraction of sp³-hybridized carbons (Fsp3) is 0.741. The molecular weight excluding hydrogens is 499 g/mol. The van der Waals surface area contributed by atoms with Gasteiger partial charge in [-0.2, -0.15) is 13.2 Å². The summed E-state index contributed by atoms with van der Waals surface area (Å²) in [6.07, 6.45) is 2.70. The fourth-order valence-corrected chi connectivity index (χ4v) is 8.06. The molecule has 2 N–H and O–H groups in total. The number of piperidine rings is 1. The molecule has 2 unspecified atom stereocenters. The van der Waals surface area contributed by atoms with Gasteiger partial charge >= 0.3 is 12.2 Å². The van der Waals surface area contributed by atoms with E-state index in [1.807, 2.05) is 0 Å². The molecule has 0 radical (unpaired) electrons.